The zero-order valence-corrected chi connectivity index (χ0v) is 20.7. The lowest BCUT2D eigenvalue weighted by molar-refractivity contribution is -0.142. The van der Waals surface area contributed by atoms with Crippen LogP contribution in [0.5, 0.6) is 0 Å². The van der Waals surface area contributed by atoms with E-state index < -0.39 is 6.09 Å². The molecule has 4 rings (SSSR count). The number of hydrogen-bond donors (Lipinski definition) is 1. The van der Waals surface area contributed by atoms with Crippen molar-refractivity contribution in [2.24, 2.45) is 0 Å². The van der Waals surface area contributed by atoms with E-state index in [2.05, 4.69) is 10.5 Å². The molecule has 7 nitrogen and oxygen atoms in total. The van der Waals surface area contributed by atoms with Gasteiger partial charge in [0.2, 0.25) is 0 Å². The highest BCUT2D eigenvalue weighted by atomic mass is 35.5. The molecule has 4 aromatic rings. The lowest BCUT2D eigenvalue weighted by Gasteiger charge is -2.09. The van der Waals surface area contributed by atoms with Crippen molar-refractivity contribution in [2.45, 2.75) is 26.9 Å². The fourth-order valence-electron chi connectivity index (χ4n) is 3.63. The zero-order chi connectivity index (χ0) is 25.5. The molecule has 0 fully saturated rings. The molecule has 0 aliphatic rings. The zero-order valence-electron chi connectivity index (χ0n) is 19.9. The number of carbonyl (C=O) groups excluding carboxylic acids is 2. The topological polar surface area (TPSA) is 90.7 Å². The Morgan fingerprint density at radius 2 is 1.56 bits per heavy atom. The van der Waals surface area contributed by atoms with Crippen LogP contribution in [-0.4, -0.2) is 23.8 Å². The predicted molar refractivity (Wildman–Crippen MR) is 138 cm³/mol. The number of nitrogens with one attached hydrogen (secondary N) is 1. The number of ether oxygens (including phenoxy) is 2. The van der Waals surface area contributed by atoms with Gasteiger partial charge in [0.15, 0.2) is 5.76 Å². The van der Waals surface area contributed by atoms with Crippen molar-refractivity contribution in [3.05, 3.63) is 94.7 Å². The SMILES string of the molecule is CCOC(=O)Cc1ccc(-c2ccc(-c3noc(C)c3NC(=O)OCc3ccccc3Cl)cc2)cc1. The Balaban J connectivity index is 1.43. The Labute approximate surface area is 214 Å². The lowest BCUT2D eigenvalue weighted by atomic mass is 10.0. The molecule has 36 heavy (non-hydrogen) atoms. The summed E-state index contributed by atoms with van der Waals surface area (Å²) in [6.45, 7) is 3.91. The van der Waals surface area contributed by atoms with Crippen molar-refractivity contribution >= 4 is 29.4 Å². The molecule has 0 unspecified atom stereocenters. The van der Waals surface area contributed by atoms with Gasteiger partial charge in [0.25, 0.3) is 0 Å². The summed E-state index contributed by atoms with van der Waals surface area (Å²) in [6.07, 6.45) is -0.392. The maximum atomic E-state index is 12.4. The maximum Gasteiger partial charge on any atom is 0.412 e. The average molecular weight is 505 g/mol. The Morgan fingerprint density at radius 1 is 0.917 bits per heavy atom. The highest BCUT2D eigenvalue weighted by Gasteiger charge is 2.18. The molecule has 0 saturated carbocycles. The van der Waals surface area contributed by atoms with Gasteiger partial charge in [-0.3, -0.25) is 10.1 Å². The second kappa shape index (κ2) is 11.6. The fourth-order valence-corrected chi connectivity index (χ4v) is 3.82. The first kappa shape index (κ1) is 25.0. The smallest absolute Gasteiger partial charge is 0.412 e. The molecule has 1 heterocycles. The van der Waals surface area contributed by atoms with Crippen molar-refractivity contribution in [2.75, 3.05) is 11.9 Å². The number of nitrogens with zero attached hydrogens (tertiary/aromatic N) is 1. The Morgan fingerprint density at radius 3 is 2.22 bits per heavy atom. The van der Waals surface area contributed by atoms with Crippen LogP contribution in [0.25, 0.3) is 22.4 Å². The van der Waals surface area contributed by atoms with Gasteiger partial charge in [-0.2, -0.15) is 0 Å². The minimum absolute atomic E-state index is 0.0401. The summed E-state index contributed by atoms with van der Waals surface area (Å²) in [4.78, 5) is 24.1. The summed E-state index contributed by atoms with van der Waals surface area (Å²) in [5, 5.41) is 7.37. The van der Waals surface area contributed by atoms with Gasteiger partial charge in [-0.1, -0.05) is 83.5 Å². The van der Waals surface area contributed by atoms with Crippen LogP contribution >= 0.6 is 11.6 Å². The number of anilines is 1. The van der Waals surface area contributed by atoms with E-state index >= 15 is 0 Å². The van der Waals surface area contributed by atoms with E-state index in [-0.39, 0.29) is 19.0 Å². The molecule has 1 N–H and O–H groups in total. The standard InChI is InChI=1S/C28H25ClN2O5/c1-3-34-25(32)16-19-8-10-20(11-9-19)21-12-14-22(15-13-21)27-26(18(2)36-31-27)30-28(33)35-17-23-6-4-5-7-24(23)29/h4-15H,3,16-17H2,1-2H3,(H,30,33). The van der Waals surface area contributed by atoms with Crippen molar-refractivity contribution in [3.8, 4) is 22.4 Å². The van der Waals surface area contributed by atoms with Crippen molar-refractivity contribution in [3.63, 3.8) is 0 Å². The monoisotopic (exact) mass is 504 g/mol. The summed E-state index contributed by atoms with van der Waals surface area (Å²) >= 11 is 6.12. The van der Waals surface area contributed by atoms with Crippen LogP contribution in [0, 0.1) is 6.92 Å². The van der Waals surface area contributed by atoms with Gasteiger partial charge in [0.1, 0.15) is 18.0 Å². The van der Waals surface area contributed by atoms with Crippen LogP contribution < -0.4 is 5.32 Å². The summed E-state index contributed by atoms with van der Waals surface area (Å²) in [5.41, 5.74) is 5.32. The minimum Gasteiger partial charge on any atom is -0.466 e. The number of hydrogen-bond acceptors (Lipinski definition) is 6. The van der Waals surface area contributed by atoms with E-state index in [1.165, 1.54) is 0 Å². The van der Waals surface area contributed by atoms with Crippen LogP contribution in [0.1, 0.15) is 23.8 Å². The van der Waals surface area contributed by atoms with E-state index in [9.17, 15) is 9.59 Å². The molecule has 1 aromatic heterocycles. The number of aryl methyl sites for hydroxylation is 1. The molecule has 1 amide bonds. The van der Waals surface area contributed by atoms with Crippen molar-refractivity contribution < 1.29 is 23.6 Å². The fraction of sp³-hybridized carbons (Fsp3) is 0.179. The number of benzene rings is 3. The van der Waals surface area contributed by atoms with Crippen LogP contribution in [0.3, 0.4) is 0 Å². The molecule has 0 aliphatic carbocycles. The third-order valence-corrected chi connectivity index (χ3v) is 5.87. The first-order chi connectivity index (χ1) is 17.4. The van der Waals surface area contributed by atoms with Crippen molar-refractivity contribution in [1.82, 2.24) is 5.16 Å². The summed E-state index contributed by atoms with van der Waals surface area (Å²) in [7, 11) is 0. The molecule has 8 heteroatoms. The highest BCUT2D eigenvalue weighted by Crippen LogP contribution is 2.32. The number of halogens is 1. The molecule has 0 spiro atoms. The molecule has 0 atom stereocenters. The van der Waals surface area contributed by atoms with E-state index in [0.29, 0.717) is 34.3 Å². The van der Waals surface area contributed by atoms with Crippen LogP contribution in [0.4, 0.5) is 10.5 Å². The largest absolute Gasteiger partial charge is 0.466 e. The van der Waals surface area contributed by atoms with Gasteiger partial charge in [0.05, 0.1) is 13.0 Å². The van der Waals surface area contributed by atoms with Gasteiger partial charge in [-0.15, -0.1) is 0 Å². The second-order valence-corrected chi connectivity index (χ2v) is 8.42. The van der Waals surface area contributed by atoms with Gasteiger partial charge in [0, 0.05) is 16.1 Å². The first-order valence-electron chi connectivity index (χ1n) is 11.4. The number of carbonyl (C=O) groups is 2. The molecule has 3 aromatic carbocycles. The minimum atomic E-state index is -0.637. The van der Waals surface area contributed by atoms with Gasteiger partial charge >= 0.3 is 12.1 Å². The molecule has 0 aliphatic heterocycles. The van der Waals surface area contributed by atoms with Crippen LogP contribution in [0.15, 0.2) is 77.3 Å². The third-order valence-electron chi connectivity index (χ3n) is 5.51. The molecule has 184 valence electrons. The molecule has 0 saturated heterocycles. The molecular formula is C28H25ClN2O5. The normalized spacial score (nSPS) is 10.6. The second-order valence-electron chi connectivity index (χ2n) is 8.01. The highest BCUT2D eigenvalue weighted by molar-refractivity contribution is 6.31. The Kier molecular flexibility index (Phi) is 8.02. The van der Waals surface area contributed by atoms with Crippen LogP contribution in [0.2, 0.25) is 5.02 Å². The lowest BCUT2D eigenvalue weighted by Crippen LogP contribution is -2.14. The number of amides is 1. The number of esters is 1. The number of aromatic nitrogens is 1. The predicted octanol–water partition coefficient (Wildman–Crippen LogP) is 6.82. The van der Waals surface area contributed by atoms with Gasteiger partial charge < -0.3 is 14.0 Å². The van der Waals surface area contributed by atoms with E-state index in [1.807, 2.05) is 60.7 Å². The molecular weight excluding hydrogens is 480 g/mol. The van der Waals surface area contributed by atoms with Crippen molar-refractivity contribution in [1.29, 1.82) is 0 Å². The summed E-state index contributed by atoms with van der Waals surface area (Å²) in [5.74, 6) is 0.218. The Hall–Kier alpha value is -4.10. The average Bonchev–Trinajstić information content (AvgIpc) is 3.24. The quantitative estimate of drug-likeness (QED) is 0.265. The van der Waals surface area contributed by atoms with Crippen LogP contribution in [-0.2, 0) is 27.3 Å². The number of rotatable bonds is 8. The Bertz CT molecular complexity index is 1350. The third kappa shape index (κ3) is 6.12. The molecule has 0 bridgehead atoms. The first-order valence-corrected chi connectivity index (χ1v) is 11.8. The van der Waals surface area contributed by atoms with E-state index in [1.54, 1.807) is 26.0 Å². The summed E-state index contributed by atoms with van der Waals surface area (Å²) < 4.78 is 15.6. The van der Waals surface area contributed by atoms with E-state index in [0.717, 1.165) is 22.3 Å². The molecule has 0 radical (unpaired) electrons. The van der Waals surface area contributed by atoms with Gasteiger partial charge in [-0.25, -0.2) is 4.79 Å². The maximum absolute atomic E-state index is 12.4. The van der Waals surface area contributed by atoms with Gasteiger partial charge in [-0.05, 0) is 36.6 Å². The van der Waals surface area contributed by atoms with E-state index in [4.69, 9.17) is 25.6 Å². The summed E-state index contributed by atoms with van der Waals surface area (Å²) in [6, 6.07) is 22.6.